The molecule has 39 heavy (non-hydrogen) atoms. The van der Waals surface area contributed by atoms with E-state index in [9.17, 15) is 19.2 Å². The molecule has 0 spiro atoms. The van der Waals surface area contributed by atoms with E-state index in [1.165, 1.54) is 7.11 Å². The van der Waals surface area contributed by atoms with Crippen LogP contribution in [0.3, 0.4) is 0 Å². The maximum absolute atomic E-state index is 13.8. The third-order valence-corrected chi connectivity index (χ3v) is 7.77. The van der Waals surface area contributed by atoms with Crippen molar-refractivity contribution >= 4 is 29.3 Å². The van der Waals surface area contributed by atoms with E-state index < -0.39 is 11.9 Å². The molecule has 2 unspecified atom stereocenters. The van der Waals surface area contributed by atoms with Crippen molar-refractivity contribution in [2.75, 3.05) is 32.6 Å². The van der Waals surface area contributed by atoms with Gasteiger partial charge >= 0.3 is 5.97 Å². The molecular formula is C31H38N2O6. The van der Waals surface area contributed by atoms with Gasteiger partial charge in [-0.3, -0.25) is 19.2 Å². The predicted molar refractivity (Wildman–Crippen MR) is 148 cm³/mol. The lowest BCUT2D eigenvalue weighted by Gasteiger charge is -2.35. The SMILES string of the molecule is COC(=O)Cc1ccc2c(c1)NC(=O)CCCCCC(C(=O)N1CCCC(c3cccc(OC)c3)C1)CC2=O. The molecule has 2 aliphatic heterocycles. The highest BCUT2D eigenvalue weighted by molar-refractivity contribution is 6.06. The van der Waals surface area contributed by atoms with Gasteiger partial charge in [0.2, 0.25) is 11.8 Å². The summed E-state index contributed by atoms with van der Waals surface area (Å²) in [7, 11) is 2.97. The van der Waals surface area contributed by atoms with Gasteiger partial charge in [0.1, 0.15) is 5.75 Å². The lowest BCUT2D eigenvalue weighted by atomic mass is 9.87. The summed E-state index contributed by atoms with van der Waals surface area (Å²) < 4.78 is 10.1. The summed E-state index contributed by atoms with van der Waals surface area (Å²) in [5.41, 5.74) is 2.55. The van der Waals surface area contributed by atoms with Gasteiger partial charge < -0.3 is 19.7 Å². The van der Waals surface area contributed by atoms with Crippen LogP contribution in [0, 0.1) is 5.92 Å². The van der Waals surface area contributed by atoms with Crippen molar-refractivity contribution in [1.82, 2.24) is 4.90 Å². The minimum atomic E-state index is -0.417. The Labute approximate surface area is 230 Å². The van der Waals surface area contributed by atoms with Gasteiger partial charge in [-0.15, -0.1) is 0 Å². The number of likely N-dealkylation sites (tertiary alicyclic amines) is 1. The fourth-order valence-corrected chi connectivity index (χ4v) is 5.60. The zero-order chi connectivity index (χ0) is 27.8. The Morgan fingerprint density at radius 2 is 1.85 bits per heavy atom. The van der Waals surface area contributed by atoms with Crippen molar-refractivity contribution < 1.29 is 28.7 Å². The number of rotatable bonds is 5. The van der Waals surface area contributed by atoms with Crippen LogP contribution in [0.5, 0.6) is 5.75 Å². The van der Waals surface area contributed by atoms with Crippen LogP contribution in [-0.2, 0) is 25.5 Å². The summed E-state index contributed by atoms with van der Waals surface area (Å²) in [5.74, 6) is -0.106. The Morgan fingerprint density at radius 3 is 2.64 bits per heavy atom. The minimum Gasteiger partial charge on any atom is -0.497 e. The topological polar surface area (TPSA) is 102 Å². The molecule has 1 N–H and O–H groups in total. The van der Waals surface area contributed by atoms with Gasteiger partial charge in [-0.2, -0.15) is 0 Å². The first-order valence-corrected chi connectivity index (χ1v) is 13.8. The molecule has 0 bridgehead atoms. The van der Waals surface area contributed by atoms with Gasteiger partial charge in [-0.05, 0) is 61.1 Å². The second-order valence-electron chi connectivity index (χ2n) is 10.5. The number of ketones is 1. The molecular weight excluding hydrogens is 496 g/mol. The molecule has 1 saturated heterocycles. The molecule has 0 saturated carbocycles. The number of piperidine rings is 1. The highest BCUT2D eigenvalue weighted by atomic mass is 16.5. The van der Waals surface area contributed by atoms with E-state index in [1.807, 2.05) is 23.1 Å². The normalized spacial score (nSPS) is 20.6. The number of fused-ring (bicyclic) bond motifs is 1. The first kappa shape index (κ1) is 28.3. The molecule has 2 aliphatic rings. The fraction of sp³-hybridized carbons (Fsp3) is 0.484. The molecule has 2 aromatic carbocycles. The molecule has 8 nitrogen and oxygen atoms in total. The average molecular weight is 535 g/mol. The first-order valence-electron chi connectivity index (χ1n) is 13.8. The quantitative estimate of drug-likeness (QED) is 0.547. The summed E-state index contributed by atoms with van der Waals surface area (Å²) in [5, 5.41) is 2.86. The number of ether oxygens (including phenoxy) is 2. The second kappa shape index (κ2) is 13.4. The number of amides is 2. The van der Waals surface area contributed by atoms with Crippen LogP contribution in [0.15, 0.2) is 42.5 Å². The number of carbonyl (C=O) groups is 4. The van der Waals surface area contributed by atoms with E-state index in [0.717, 1.165) is 37.0 Å². The molecule has 2 atom stereocenters. The molecule has 8 heteroatoms. The number of nitrogens with one attached hydrogen (secondary N) is 1. The third-order valence-electron chi connectivity index (χ3n) is 7.77. The fourth-order valence-electron chi connectivity index (χ4n) is 5.60. The van der Waals surface area contributed by atoms with Gasteiger partial charge in [-0.25, -0.2) is 0 Å². The van der Waals surface area contributed by atoms with Gasteiger partial charge in [0.05, 0.1) is 26.3 Å². The third kappa shape index (κ3) is 7.46. The van der Waals surface area contributed by atoms with Crippen molar-refractivity contribution in [2.24, 2.45) is 5.92 Å². The van der Waals surface area contributed by atoms with Crippen LogP contribution in [0.4, 0.5) is 5.69 Å². The van der Waals surface area contributed by atoms with Crippen molar-refractivity contribution in [1.29, 1.82) is 0 Å². The van der Waals surface area contributed by atoms with Crippen LogP contribution in [0.1, 0.15) is 78.8 Å². The van der Waals surface area contributed by atoms with Crippen LogP contribution < -0.4 is 10.1 Å². The van der Waals surface area contributed by atoms with E-state index in [2.05, 4.69) is 11.4 Å². The van der Waals surface area contributed by atoms with Crippen LogP contribution >= 0.6 is 0 Å². The standard InChI is InChI=1S/C31H38N2O6/c1-38-25-11-6-9-22(18-25)24-10-7-15-33(20-24)31(37)23-8-4-3-5-12-29(35)32-27-16-21(17-30(36)39-2)13-14-26(27)28(34)19-23/h6,9,11,13-14,16,18,23-24H,3-5,7-8,10,12,15,17,19-20H2,1-2H3,(H,32,35). The molecule has 2 aromatic rings. The van der Waals surface area contributed by atoms with E-state index in [-0.39, 0.29) is 36.4 Å². The van der Waals surface area contributed by atoms with E-state index in [4.69, 9.17) is 9.47 Å². The first-order chi connectivity index (χ1) is 18.9. The number of methoxy groups -OCH3 is 2. The average Bonchev–Trinajstić information content (AvgIpc) is 2.95. The van der Waals surface area contributed by atoms with E-state index >= 15 is 0 Å². The summed E-state index contributed by atoms with van der Waals surface area (Å²) in [6.45, 7) is 1.31. The summed E-state index contributed by atoms with van der Waals surface area (Å²) >= 11 is 0. The minimum absolute atomic E-state index is 0.0286. The molecule has 2 heterocycles. The number of esters is 1. The molecule has 0 aromatic heterocycles. The van der Waals surface area contributed by atoms with Gasteiger partial charge in [0.15, 0.2) is 5.78 Å². The monoisotopic (exact) mass is 534 g/mol. The highest BCUT2D eigenvalue weighted by Crippen LogP contribution is 2.32. The Balaban J connectivity index is 1.54. The maximum Gasteiger partial charge on any atom is 0.309 e. The van der Waals surface area contributed by atoms with Crippen LogP contribution in [-0.4, -0.2) is 55.8 Å². The number of anilines is 1. The van der Waals surface area contributed by atoms with Crippen molar-refractivity contribution in [2.45, 2.75) is 63.7 Å². The number of benzene rings is 2. The smallest absolute Gasteiger partial charge is 0.309 e. The Hall–Kier alpha value is -3.68. The molecule has 0 radical (unpaired) electrons. The van der Waals surface area contributed by atoms with Crippen molar-refractivity contribution in [3.05, 3.63) is 59.2 Å². The lowest BCUT2D eigenvalue weighted by molar-refractivity contribution is -0.140. The predicted octanol–water partition coefficient (Wildman–Crippen LogP) is 4.91. The number of carbonyl (C=O) groups excluding carboxylic acids is 4. The highest BCUT2D eigenvalue weighted by Gasteiger charge is 2.32. The molecule has 208 valence electrons. The van der Waals surface area contributed by atoms with Crippen molar-refractivity contribution in [3.8, 4) is 5.75 Å². The lowest BCUT2D eigenvalue weighted by Crippen LogP contribution is -2.43. The number of Topliss-reactive ketones (excluding diaryl/α,β-unsaturated/α-hetero) is 1. The van der Waals surface area contributed by atoms with Crippen molar-refractivity contribution in [3.63, 3.8) is 0 Å². The Bertz CT molecular complexity index is 1210. The number of hydrogen-bond donors (Lipinski definition) is 1. The van der Waals surface area contributed by atoms with Gasteiger partial charge in [0, 0.05) is 43.3 Å². The maximum atomic E-state index is 13.8. The zero-order valence-corrected chi connectivity index (χ0v) is 22.9. The molecule has 1 fully saturated rings. The largest absolute Gasteiger partial charge is 0.497 e. The Kier molecular flexibility index (Phi) is 9.74. The summed E-state index contributed by atoms with van der Waals surface area (Å²) in [4.78, 5) is 53.6. The second-order valence-corrected chi connectivity index (χ2v) is 10.5. The molecule has 4 rings (SSSR count). The number of nitrogens with zero attached hydrogens (tertiary/aromatic N) is 1. The van der Waals surface area contributed by atoms with Gasteiger partial charge in [-0.1, -0.05) is 31.0 Å². The summed E-state index contributed by atoms with van der Waals surface area (Å²) in [6.07, 6.45) is 5.29. The van der Waals surface area contributed by atoms with E-state index in [1.54, 1.807) is 25.3 Å². The summed E-state index contributed by atoms with van der Waals surface area (Å²) in [6, 6.07) is 13.0. The van der Waals surface area contributed by atoms with E-state index in [0.29, 0.717) is 49.2 Å². The van der Waals surface area contributed by atoms with Crippen LogP contribution in [0.2, 0.25) is 0 Å². The zero-order valence-electron chi connectivity index (χ0n) is 22.9. The van der Waals surface area contributed by atoms with Gasteiger partial charge in [0.25, 0.3) is 0 Å². The van der Waals surface area contributed by atoms with Crippen LogP contribution in [0.25, 0.3) is 0 Å². The molecule has 2 amide bonds. The Morgan fingerprint density at radius 1 is 1.00 bits per heavy atom. The number of hydrogen-bond acceptors (Lipinski definition) is 6. The molecule has 0 aliphatic carbocycles.